The maximum absolute atomic E-state index is 12.5. The average molecular weight is 309 g/mol. The van der Waals surface area contributed by atoms with Crippen LogP contribution in [0.15, 0.2) is 24.3 Å². The van der Waals surface area contributed by atoms with E-state index in [0.29, 0.717) is 22.8 Å². The largest absolute Gasteiger partial charge is 0.480 e. The second-order valence-electron chi connectivity index (χ2n) is 4.81. The van der Waals surface area contributed by atoms with E-state index in [1.807, 2.05) is 6.07 Å². The fourth-order valence-electron chi connectivity index (χ4n) is 2.44. The van der Waals surface area contributed by atoms with E-state index in [1.54, 1.807) is 18.2 Å². The van der Waals surface area contributed by atoms with Gasteiger partial charge in [-0.2, -0.15) is 0 Å². The Morgan fingerprint density at radius 2 is 2.24 bits per heavy atom. The molecule has 7 heteroatoms. The molecule has 0 saturated carbocycles. The van der Waals surface area contributed by atoms with Gasteiger partial charge in [0.25, 0.3) is 5.91 Å². The first-order valence-corrected chi connectivity index (χ1v) is 6.84. The molecule has 0 radical (unpaired) electrons. The van der Waals surface area contributed by atoms with E-state index in [2.05, 4.69) is 4.98 Å². The fraction of sp³-hybridized carbons (Fsp3) is 0.286. The maximum Gasteiger partial charge on any atom is 0.328 e. The lowest BCUT2D eigenvalue weighted by Gasteiger charge is -2.32. The molecule has 1 aromatic carbocycles. The number of nitrogens with zero attached hydrogens (tertiary/aromatic N) is 1. The summed E-state index contributed by atoms with van der Waals surface area (Å²) in [6, 6.07) is 6.07. The first kappa shape index (κ1) is 13.9. The molecule has 1 aliphatic heterocycles. The number of carbonyl (C=O) groups excluding carboxylic acids is 1. The standard InChI is InChI=1S/C14H13ClN2O4/c15-9-3-1-2-8-6-10(16-12(8)9)13(18)17-4-5-21-7-11(17)14(19)20/h1-3,6,11,16H,4-5,7H2,(H,19,20)/t11-/m0/s1. The third-order valence-corrected chi connectivity index (χ3v) is 3.83. The third kappa shape index (κ3) is 2.48. The summed E-state index contributed by atoms with van der Waals surface area (Å²) in [4.78, 5) is 28.0. The highest BCUT2D eigenvalue weighted by molar-refractivity contribution is 6.35. The molecule has 0 aliphatic carbocycles. The van der Waals surface area contributed by atoms with Crippen LogP contribution in [0, 0.1) is 0 Å². The summed E-state index contributed by atoms with van der Waals surface area (Å²) >= 11 is 6.07. The number of hydrogen-bond acceptors (Lipinski definition) is 3. The number of nitrogens with one attached hydrogen (secondary N) is 1. The highest BCUT2D eigenvalue weighted by atomic mass is 35.5. The second kappa shape index (κ2) is 5.38. The summed E-state index contributed by atoms with van der Waals surface area (Å²) in [5.74, 6) is -1.44. The van der Waals surface area contributed by atoms with Crippen molar-refractivity contribution >= 4 is 34.4 Å². The molecule has 0 bridgehead atoms. The zero-order valence-electron chi connectivity index (χ0n) is 11.0. The molecule has 2 N–H and O–H groups in total. The van der Waals surface area contributed by atoms with Crippen LogP contribution in [0.1, 0.15) is 10.5 Å². The number of para-hydroxylation sites is 1. The molecule has 2 aromatic rings. The number of benzene rings is 1. The van der Waals surface area contributed by atoms with E-state index in [4.69, 9.17) is 16.3 Å². The SMILES string of the molecule is O=C(O)[C@@H]1COCCN1C(=O)c1cc2cccc(Cl)c2[nH]1. The van der Waals surface area contributed by atoms with Crippen LogP contribution in [-0.2, 0) is 9.53 Å². The molecule has 110 valence electrons. The van der Waals surface area contributed by atoms with Gasteiger partial charge < -0.3 is 19.7 Å². The van der Waals surface area contributed by atoms with E-state index in [1.165, 1.54) is 4.90 Å². The lowest BCUT2D eigenvalue weighted by Crippen LogP contribution is -2.52. The van der Waals surface area contributed by atoms with Crippen molar-refractivity contribution in [2.24, 2.45) is 0 Å². The Kier molecular flexibility index (Phi) is 3.57. The minimum atomic E-state index is -1.07. The number of ether oxygens (including phenoxy) is 1. The number of aliphatic carboxylic acids is 1. The van der Waals surface area contributed by atoms with E-state index in [-0.39, 0.29) is 19.1 Å². The monoisotopic (exact) mass is 308 g/mol. The number of morpholine rings is 1. The molecule has 3 rings (SSSR count). The molecule has 1 atom stereocenters. The first-order valence-electron chi connectivity index (χ1n) is 6.46. The van der Waals surface area contributed by atoms with Gasteiger partial charge in [-0.05, 0) is 12.1 Å². The van der Waals surface area contributed by atoms with Crippen LogP contribution in [0.4, 0.5) is 0 Å². The highest BCUT2D eigenvalue weighted by Gasteiger charge is 2.33. The van der Waals surface area contributed by atoms with Crippen molar-refractivity contribution in [1.29, 1.82) is 0 Å². The van der Waals surface area contributed by atoms with Gasteiger partial charge in [-0.1, -0.05) is 23.7 Å². The quantitative estimate of drug-likeness (QED) is 0.885. The van der Waals surface area contributed by atoms with E-state index >= 15 is 0 Å². The molecule has 2 heterocycles. The number of aromatic nitrogens is 1. The van der Waals surface area contributed by atoms with Crippen molar-refractivity contribution in [2.45, 2.75) is 6.04 Å². The van der Waals surface area contributed by atoms with Crippen molar-refractivity contribution in [3.8, 4) is 0 Å². The van der Waals surface area contributed by atoms with Crippen LogP contribution in [0.3, 0.4) is 0 Å². The van der Waals surface area contributed by atoms with Gasteiger partial charge in [0.1, 0.15) is 5.69 Å². The fourth-order valence-corrected chi connectivity index (χ4v) is 2.67. The molecule has 21 heavy (non-hydrogen) atoms. The van der Waals surface area contributed by atoms with Gasteiger partial charge in [0.2, 0.25) is 0 Å². The number of H-pyrrole nitrogens is 1. The second-order valence-corrected chi connectivity index (χ2v) is 5.22. The minimum Gasteiger partial charge on any atom is -0.480 e. The van der Waals surface area contributed by atoms with Gasteiger partial charge in [-0.3, -0.25) is 4.79 Å². The predicted molar refractivity (Wildman–Crippen MR) is 76.6 cm³/mol. The molecule has 6 nitrogen and oxygen atoms in total. The Hall–Kier alpha value is -2.05. The minimum absolute atomic E-state index is 0.00204. The van der Waals surface area contributed by atoms with Crippen LogP contribution < -0.4 is 0 Å². The number of carboxylic acids is 1. The van der Waals surface area contributed by atoms with E-state index in [0.717, 1.165) is 5.39 Å². The molecule has 1 aliphatic rings. The van der Waals surface area contributed by atoms with Gasteiger partial charge in [0.05, 0.1) is 23.8 Å². The molecule has 1 aromatic heterocycles. The smallest absolute Gasteiger partial charge is 0.328 e. The van der Waals surface area contributed by atoms with Gasteiger partial charge in [-0.15, -0.1) is 0 Å². The van der Waals surface area contributed by atoms with Gasteiger partial charge >= 0.3 is 5.97 Å². The first-order chi connectivity index (χ1) is 10.1. The van der Waals surface area contributed by atoms with Crippen molar-refractivity contribution < 1.29 is 19.4 Å². The molecule has 0 spiro atoms. The summed E-state index contributed by atoms with van der Waals surface area (Å²) < 4.78 is 5.13. The maximum atomic E-state index is 12.5. The Morgan fingerprint density at radius 1 is 1.43 bits per heavy atom. The zero-order valence-corrected chi connectivity index (χ0v) is 11.8. The molecule has 0 unspecified atom stereocenters. The Balaban J connectivity index is 1.95. The Bertz CT molecular complexity index is 712. The van der Waals surface area contributed by atoms with Crippen LogP contribution in [-0.4, -0.2) is 52.7 Å². The Morgan fingerprint density at radius 3 is 2.95 bits per heavy atom. The van der Waals surface area contributed by atoms with Gasteiger partial charge in [0, 0.05) is 11.9 Å². The number of aromatic amines is 1. The normalized spacial score (nSPS) is 18.9. The third-order valence-electron chi connectivity index (χ3n) is 3.51. The lowest BCUT2D eigenvalue weighted by atomic mass is 10.2. The number of halogens is 1. The molecular weight excluding hydrogens is 296 g/mol. The van der Waals surface area contributed by atoms with Crippen molar-refractivity contribution in [3.05, 3.63) is 35.0 Å². The van der Waals surface area contributed by atoms with Gasteiger partial charge in [-0.25, -0.2) is 4.79 Å². The number of amides is 1. The number of rotatable bonds is 2. The van der Waals surface area contributed by atoms with Crippen LogP contribution >= 0.6 is 11.6 Å². The number of carbonyl (C=O) groups is 2. The van der Waals surface area contributed by atoms with E-state index < -0.39 is 12.0 Å². The van der Waals surface area contributed by atoms with Crippen LogP contribution in [0.25, 0.3) is 10.9 Å². The van der Waals surface area contributed by atoms with E-state index in [9.17, 15) is 14.7 Å². The lowest BCUT2D eigenvalue weighted by molar-refractivity contribution is -0.147. The molecular formula is C14H13ClN2O4. The summed E-state index contributed by atoms with van der Waals surface area (Å²) in [6.45, 7) is 0.581. The van der Waals surface area contributed by atoms with Crippen molar-refractivity contribution in [2.75, 3.05) is 19.8 Å². The highest BCUT2D eigenvalue weighted by Crippen LogP contribution is 2.24. The number of hydrogen-bond donors (Lipinski definition) is 2. The Labute approximate surface area is 125 Å². The number of fused-ring (bicyclic) bond motifs is 1. The summed E-state index contributed by atoms with van der Waals surface area (Å²) in [7, 11) is 0. The van der Waals surface area contributed by atoms with Crippen molar-refractivity contribution in [1.82, 2.24) is 9.88 Å². The van der Waals surface area contributed by atoms with Crippen molar-refractivity contribution in [3.63, 3.8) is 0 Å². The number of carboxylic acid groups (broad SMARTS) is 1. The summed E-state index contributed by atoms with van der Waals surface area (Å²) in [6.07, 6.45) is 0. The molecule has 1 saturated heterocycles. The molecule has 1 amide bonds. The zero-order chi connectivity index (χ0) is 15.0. The van der Waals surface area contributed by atoms with Crippen LogP contribution in [0.5, 0.6) is 0 Å². The summed E-state index contributed by atoms with van der Waals surface area (Å²) in [5.41, 5.74) is 0.994. The topological polar surface area (TPSA) is 82.6 Å². The van der Waals surface area contributed by atoms with Gasteiger partial charge in [0.15, 0.2) is 6.04 Å². The predicted octanol–water partition coefficient (Wildman–Crippen LogP) is 1.75. The summed E-state index contributed by atoms with van der Waals surface area (Å²) in [5, 5.41) is 10.5. The molecule has 1 fully saturated rings. The van der Waals surface area contributed by atoms with Crippen LogP contribution in [0.2, 0.25) is 5.02 Å². The average Bonchev–Trinajstić information content (AvgIpc) is 2.92.